The van der Waals surface area contributed by atoms with Crippen molar-refractivity contribution in [3.63, 3.8) is 0 Å². The van der Waals surface area contributed by atoms with Crippen LogP contribution in [0.15, 0.2) is 22.7 Å². The fourth-order valence-corrected chi connectivity index (χ4v) is 3.59. The summed E-state index contributed by atoms with van der Waals surface area (Å²) in [6.45, 7) is 11.1. The van der Waals surface area contributed by atoms with Gasteiger partial charge in [0.15, 0.2) is 11.5 Å². The van der Waals surface area contributed by atoms with Crippen LogP contribution in [0.2, 0.25) is 0 Å². The van der Waals surface area contributed by atoms with E-state index in [9.17, 15) is 4.79 Å². The summed E-state index contributed by atoms with van der Waals surface area (Å²) in [6.07, 6.45) is 7.51. The molecular formula is C19H30N4O2. The summed E-state index contributed by atoms with van der Waals surface area (Å²) in [7, 11) is 0. The lowest BCUT2D eigenvalue weighted by Crippen LogP contribution is -2.45. The van der Waals surface area contributed by atoms with E-state index in [0.717, 1.165) is 64.3 Å². The van der Waals surface area contributed by atoms with E-state index in [-0.39, 0.29) is 11.9 Å². The summed E-state index contributed by atoms with van der Waals surface area (Å²) in [5.41, 5.74) is 0.437. The van der Waals surface area contributed by atoms with Gasteiger partial charge in [0.1, 0.15) is 0 Å². The van der Waals surface area contributed by atoms with Crippen molar-refractivity contribution in [2.24, 2.45) is 0 Å². The van der Waals surface area contributed by atoms with Crippen molar-refractivity contribution in [3.8, 4) is 0 Å². The van der Waals surface area contributed by atoms with Gasteiger partial charge >= 0.3 is 0 Å². The molecule has 2 aliphatic heterocycles. The molecule has 1 atom stereocenters. The SMILES string of the molecule is CCCC[C@H]1C=CCN1C(=O)c1cc(CN2CCN(CC)CC2)on1. The molecule has 0 aliphatic carbocycles. The Bertz CT molecular complexity index is 590. The Morgan fingerprint density at radius 1 is 1.24 bits per heavy atom. The Labute approximate surface area is 150 Å². The average molecular weight is 346 g/mol. The van der Waals surface area contributed by atoms with Crippen LogP contribution in [-0.2, 0) is 6.54 Å². The number of unbranched alkanes of at least 4 members (excludes halogenated alkanes) is 1. The highest BCUT2D eigenvalue weighted by atomic mass is 16.5. The zero-order valence-electron chi connectivity index (χ0n) is 15.5. The largest absolute Gasteiger partial charge is 0.359 e. The minimum absolute atomic E-state index is 0.0168. The molecule has 0 N–H and O–H groups in total. The van der Waals surface area contributed by atoms with Gasteiger partial charge in [0, 0.05) is 38.8 Å². The lowest BCUT2D eigenvalue weighted by atomic mass is 10.1. The van der Waals surface area contributed by atoms with Crippen LogP contribution in [0, 0.1) is 0 Å². The van der Waals surface area contributed by atoms with Crippen LogP contribution in [0.3, 0.4) is 0 Å². The monoisotopic (exact) mass is 346 g/mol. The van der Waals surface area contributed by atoms with E-state index in [2.05, 4.69) is 41.0 Å². The van der Waals surface area contributed by atoms with Crippen LogP contribution in [-0.4, -0.2) is 71.1 Å². The van der Waals surface area contributed by atoms with E-state index < -0.39 is 0 Å². The third kappa shape index (κ3) is 4.50. The van der Waals surface area contributed by atoms with Gasteiger partial charge in [-0.25, -0.2) is 0 Å². The molecule has 0 unspecified atom stereocenters. The molecule has 0 saturated carbocycles. The predicted molar refractivity (Wildman–Crippen MR) is 97.4 cm³/mol. The maximum absolute atomic E-state index is 12.8. The zero-order chi connectivity index (χ0) is 17.6. The first-order chi connectivity index (χ1) is 12.2. The first-order valence-corrected chi connectivity index (χ1v) is 9.59. The number of hydrogen-bond donors (Lipinski definition) is 0. The normalized spacial score (nSPS) is 22.0. The molecule has 1 amide bonds. The number of piperazine rings is 1. The molecule has 1 aromatic rings. The smallest absolute Gasteiger partial charge is 0.276 e. The Balaban J connectivity index is 1.55. The second-order valence-corrected chi connectivity index (χ2v) is 6.98. The number of rotatable bonds is 7. The Hall–Kier alpha value is -1.66. The Morgan fingerprint density at radius 3 is 2.72 bits per heavy atom. The second kappa shape index (κ2) is 8.63. The van der Waals surface area contributed by atoms with Gasteiger partial charge < -0.3 is 14.3 Å². The number of carbonyl (C=O) groups excluding carboxylic acids is 1. The molecule has 1 saturated heterocycles. The maximum atomic E-state index is 12.8. The number of hydrogen-bond acceptors (Lipinski definition) is 5. The molecule has 1 fully saturated rings. The summed E-state index contributed by atoms with van der Waals surface area (Å²) in [6, 6.07) is 2.03. The molecule has 138 valence electrons. The predicted octanol–water partition coefficient (Wildman–Crippen LogP) is 2.38. The van der Waals surface area contributed by atoms with Gasteiger partial charge in [0.25, 0.3) is 5.91 Å². The van der Waals surface area contributed by atoms with Crippen LogP contribution in [0.4, 0.5) is 0 Å². The van der Waals surface area contributed by atoms with Crippen molar-refractivity contribution in [1.29, 1.82) is 0 Å². The molecule has 0 aromatic carbocycles. The fraction of sp³-hybridized carbons (Fsp3) is 0.684. The summed E-state index contributed by atoms with van der Waals surface area (Å²) in [5.74, 6) is 0.766. The Morgan fingerprint density at radius 2 is 2.00 bits per heavy atom. The third-order valence-corrected chi connectivity index (χ3v) is 5.24. The molecule has 0 spiro atoms. The van der Waals surface area contributed by atoms with Crippen molar-refractivity contribution in [3.05, 3.63) is 29.7 Å². The summed E-state index contributed by atoms with van der Waals surface area (Å²) >= 11 is 0. The Kier molecular flexibility index (Phi) is 6.26. The van der Waals surface area contributed by atoms with E-state index in [1.54, 1.807) is 0 Å². The highest BCUT2D eigenvalue weighted by Crippen LogP contribution is 2.19. The zero-order valence-corrected chi connectivity index (χ0v) is 15.5. The van der Waals surface area contributed by atoms with Crippen molar-refractivity contribution in [2.45, 2.75) is 45.7 Å². The molecule has 25 heavy (non-hydrogen) atoms. The lowest BCUT2D eigenvalue weighted by molar-refractivity contribution is 0.0732. The number of aromatic nitrogens is 1. The van der Waals surface area contributed by atoms with E-state index in [1.807, 2.05) is 11.0 Å². The van der Waals surface area contributed by atoms with Gasteiger partial charge in [-0.05, 0) is 13.0 Å². The average Bonchev–Trinajstić information content (AvgIpc) is 3.29. The van der Waals surface area contributed by atoms with Crippen molar-refractivity contribution >= 4 is 5.91 Å². The quantitative estimate of drug-likeness (QED) is 0.710. The first kappa shape index (κ1) is 18.1. The van der Waals surface area contributed by atoms with Crippen LogP contribution >= 0.6 is 0 Å². The van der Waals surface area contributed by atoms with Crippen molar-refractivity contribution in [2.75, 3.05) is 39.3 Å². The summed E-state index contributed by atoms with van der Waals surface area (Å²) in [5, 5.41) is 4.04. The van der Waals surface area contributed by atoms with Crippen LogP contribution in [0.1, 0.15) is 49.4 Å². The van der Waals surface area contributed by atoms with Gasteiger partial charge in [0.2, 0.25) is 0 Å². The second-order valence-electron chi connectivity index (χ2n) is 6.98. The third-order valence-electron chi connectivity index (χ3n) is 5.24. The minimum atomic E-state index is -0.0168. The van der Waals surface area contributed by atoms with Gasteiger partial charge in [-0.3, -0.25) is 9.69 Å². The molecule has 6 nitrogen and oxygen atoms in total. The maximum Gasteiger partial charge on any atom is 0.276 e. The van der Waals surface area contributed by atoms with E-state index >= 15 is 0 Å². The molecule has 3 heterocycles. The molecule has 0 bridgehead atoms. The van der Waals surface area contributed by atoms with E-state index in [0.29, 0.717) is 12.2 Å². The molecule has 1 aromatic heterocycles. The highest BCUT2D eigenvalue weighted by Gasteiger charge is 2.27. The summed E-state index contributed by atoms with van der Waals surface area (Å²) in [4.78, 5) is 19.5. The van der Waals surface area contributed by atoms with Crippen molar-refractivity contribution in [1.82, 2.24) is 19.9 Å². The van der Waals surface area contributed by atoms with Crippen LogP contribution in [0.25, 0.3) is 0 Å². The minimum Gasteiger partial charge on any atom is -0.359 e. The highest BCUT2D eigenvalue weighted by molar-refractivity contribution is 5.93. The number of likely N-dealkylation sites (N-methyl/N-ethyl adjacent to an activating group) is 1. The van der Waals surface area contributed by atoms with Gasteiger partial charge in [-0.2, -0.15) is 0 Å². The van der Waals surface area contributed by atoms with Crippen molar-refractivity contribution < 1.29 is 9.32 Å². The summed E-state index contributed by atoms with van der Waals surface area (Å²) < 4.78 is 5.44. The van der Waals surface area contributed by atoms with E-state index in [4.69, 9.17) is 4.52 Å². The molecule has 0 radical (unpaired) electrons. The topological polar surface area (TPSA) is 52.8 Å². The molecule has 2 aliphatic rings. The fourth-order valence-electron chi connectivity index (χ4n) is 3.59. The molecular weight excluding hydrogens is 316 g/mol. The first-order valence-electron chi connectivity index (χ1n) is 9.59. The van der Waals surface area contributed by atoms with Crippen LogP contribution in [0.5, 0.6) is 0 Å². The lowest BCUT2D eigenvalue weighted by Gasteiger charge is -2.33. The van der Waals surface area contributed by atoms with Gasteiger partial charge in [-0.15, -0.1) is 0 Å². The van der Waals surface area contributed by atoms with Gasteiger partial charge in [-0.1, -0.05) is 44.0 Å². The number of carbonyl (C=O) groups is 1. The van der Waals surface area contributed by atoms with E-state index in [1.165, 1.54) is 0 Å². The van der Waals surface area contributed by atoms with Gasteiger partial charge in [0.05, 0.1) is 12.6 Å². The van der Waals surface area contributed by atoms with Crippen LogP contribution < -0.4 is 0 Å². The molecule has 3 rings (SSSR count). The standard InChI is InChI=1S/C19H30N4O2/c1-3-5-7-16-8-6-9-23(16)19(24)18-14-17(25-20-18)15-22-12-10-21(4-2)11-13-22/h6,8,14,16H,3-5,7,9-13,15H2,1-2H3/t16-/m0/s1. The number of amides is 1. The number of nitrogens with zero attached hydrogens (tertiary/aromatic N) is 4. The molecule has 6 heteroatoms.